The molecule has 0 saturated carbocycles. The standard InChI is InChI=1S/C13H16FNO5/c14-10-2-4-11(5-3-10)20-7-1-6-15(8-12(16)17)9-13(18)19/h2-5H,1,6-9H2,(H,16,17)(H,18,19). The summed E-state index contributed by atoms with van der Waals surface area (Å²) in [5, 5.41) is 17.3. The molecular weight excluding hydrogens is 269 g/mol. The molecule has 0 aliphatic heterocycles. The van der Waals surface area contributed by atoms with E-state index in [-0.39, 0.29) is 18.9 Å². The number of nitrogens with zero attached hydrogens (tertiary/aromatic N) is 1. The molecule has 1 rings (SSSR count). The highest BCUT2D eigenvalue weighted by molar-refractivity contribution is 5.72. The third-order valence-corrected chi connectivity index (χ3v) is 2.42. The number of carboxylic acids is 2. The van der Waals surface area contributed by atoms with Crippen LogP contribution in [-0.2, 0) is 9.59 Å². The molecule has 0 spiro atoms. The van der Waals surface area contributed by atoms with Gasteiger partial charge in [-0.3, -0.25) is 14.5 Å². The summed E-state index contributed by atoms with van der Waals surface area (Å²) >= 11 is 0. The molecule has 0 saturated heterocycles. The molecule has 0 amide bonds. The van der Waals surface area contributed by atoms with Crippen molar-refractivity contribution in [3.63, 3.8) is 0 Å². The van der Waals surface area contributed by atoms with Crippen molar-refractivity contribution in [3.05, 3.63) is 30.1 Å². The third kappa shape index (κ3) is 6.69. The molecule has 6 nitrogen and oxygen atoms in total. The lowest BCUT2D eigenvalue weighted by atomic mass is 10.3. The Morgan fingerprint density at radius 3 is 2.15 bits per heavy atom. The number of hydrogen-bond donors (Lipinski definition) is 2. The van der Waals surface area contributed by atoms with Crippen molar-refractivity contribution in [1.29, 1.82) is 0 Å². The molecule has 110 valence electrons. The molecule has 7 heteroatoms. The number of rotatable bonds is 9. The van der Waals surface area contributed by atoms with E-state index < -0.39 is 11.9 Å². The SMILES string of the molecule is O=C(O)CN(CCCOc1ccc(F)cc1)CC(=O)O. The van der Waals surface area contributed by atoms with Gasteiger partial charge in [0.1, 0.15) is 11.6 Å². The van der Waals surface area contributed by atoms with Crippen molar-refractivity contribution in [2.75, 3.05) is 26.2 Å². The molecule has 0 aliphatic rings. The third-order valence-electron chi connectivity index (χ3n) is 2.42. The highest BCUT2D eigenvalue weighted by atomic mass is 19.1. The van der Waals surface area contributed by atoms with Crippen molar-refractivity contribution in [2.45, 2.75) is 6.42 Å². The molecule has 1 aromatic carbocycles. The van der Waals surface area contributed by atoms with Crippen molar-refractivity contribution in [3.8, 4) is 5.75 Å². The molecule has 0 aliphatic carbocycles. The molecule has 0 aromatic heterocycles. The average Bonchev–Trinajstić information content (AvgIpc) is 2.35. The van der Waals surface area contributed by atoms with Gasteiger partial charge in [0.25, 0.3) is 0 Å². The molecule has 0 unspecified atom stereocenters. The second kappa shape index (κ2) is 8.11. The maximum absolute atomic E-state index is 12.7. The van der Waals surface area contributed by atoms with E-state index in [2.05, 4.69) is 0 Å². The van der Waals surface area contributed by atoms with Gasteiger partial charge in [-0.2, -0.15) is 0 Å². The first kappa shape index (κ1) is 15.9. The Balaban J connectivity index is 2.30. The van der Waals surface area contributed by atoms with E-state index in [1.165, 1.54) is 29.2 Å². The van der Waals surface area contributed by atoms with Gasteiger partial charge in [0.05, 0.1) is 19.7 Å². The van der Waals surface area contributed by atoms with Crippen LogP contribution in [-0.4, -0.2) is 53.3 Å². The summed E-state index contributed by atoms with van der Waals surface area (Å²) < 4.78 is 18.0. The highest BCUT2D eigenvalue weighted by Crippen LogP contribution is 2.11. The van der Waals surface area contributed by atoms with E-state index in [9.17, 15) is 14.0 Å². The fourth-order valence-electron chi connectivity index (χ4n) is 1.61. The first-order valence-electron chi connectivity index (χ1n) is 6.01. The molecule has 2 N–H and O–H groups in total. The predicted molar refractivity (Wildman–Crippen MR) is 68.2 cm³/mol. The van der Waals surface area contributed by atoms with Gasteiger partial charge >= 0.3 is 11.9 Å². The smallest absolute Gasteiger partial charge is 0.317 e. The largest absolute Gasteiger partial charge is 0.494 e. The predicted octanol–water partition coefficient (Wildman–Crippen LogP) is 1.07. The second-order valence-corrected chi connectivity index (χ2v) is 4.15. The maximum atomic E-state index is 12.7. The van der Waals surface area contributed by atoms with Gasteiger partial charge in [0.2, 0.25) is 0 Å². The fraction of sp³-hybridized carbons (Fsp3) is 0.385. The number of carboxylic acid groups (broad SMARTS) is 2. The summed E-state index contributed by atoms with van der Waals surface area (Å²) in [6.45, 7) is -0.0765. The maximum Gasteiger partial charge on any atom is 0.317 e. The Morgan fingerprint density at radius 1 is 1.10 bits per heavy atom. The lowest BCUT2D eigenvalue weighted by molar-refractivity contribution is -0.141. The number of ether oxygens (including phenoxy) is 1. The van der Waals surface area contributed by atoms with E-state index >= 15 is 0 Å². The van der Waals surface area contributed by atoms with E-state index in [1.54, 1.807) is 0 Å². The first-order chi connectivity index (χ1) is 9.47. The van der Waals surface area contributed by atoms with Gasteiger partial charge in [-0.15, -0.1) is 0 Å². The summed E-state index contributed by atoms with van der Waals surface area (Å²) in [7, 11) is 0. The van der Waals surface area contributed by atoms with Crippen LogP contribution in [0.1, 0.15) is 6.42 Å². The van der Waals surface area contributed by atoms with Gasteiger partial charge in [-0.1, -0.05) is 0 Å². The lowest BCUT2D eigenvalue weighted by Crippen LogP contribution is -2.35. The van der Waals surface area contributed by atoms with Crippen molar-refractivity contribution in [1.82, 2.24) is 4.90 Å². The Labute approximate surface area is 115 Å². The van der Waals surface area contributed by atoms with E-state index in [1.807, 2.05) is 0 Å². The van der Waals surface area contributed by atoms with Gasteiger partial charge in [0.15, 0.2) is 0 Å². The van der Waals surface area contributed by atoms with E-state index in [4.69, 9.17) is 14.9 Å². The lowest BCUT2D eigenvalue weighted by Gasteiger charge is -2.17. The Hall–Kier alpha value is -2.15. The van der Waals surface area contributed by atoms with Crippen molar-refractivity contribution >= 4 is 11.9 Å². The minimum atomic E-state index is -1.08. The van der Waals surface area contributed by atoms with Crippen LogP contribution in [0, 0.1) is 5.82 Å². The zero-order valence-electron chi connectivity index (χ0n) is 10.8. The summed E-state index contributed by atoms with van der Waals surface area (Å²) in [4.78, 5) is 22.5. The topological polar surface area (TPSA) is 87.1 Å². The Kier molecular flexibility index (Phi) is 6.45. The van der Waals surface area contributed by atoms with Gasteiger partial charge < -0.3 is 14.9 Å². The van der Waals surface area contributed by atoms with Crippen molar-refractivity contribution < 1.29 is 28.9 Å². The number of hydrogen-bond acceptors (Lipinski definition) is 4. The Morgan fingerprint density at radius 2 is 1.65 bits per heavy atom. The quantitative estimate of drug-likeness (QED) is 0.660. The summed E-state index contributed by atoms with van der Waals surface area (Å²) in [5.74, 6) is -2.00. The van der Waals surface area contributed by atoms with Gasteiger partial charge in [-0.25, -0.2) is 4.39 Å². The van der Waals surface area contributed by atoms with Crippen LogP contribution < -0.4 is 4.74 Å². The molecular formula is C13H16FNO5. The van der Waals surface area contributed by atoms with Crippen LogP contribution in [0.4, 0.5) is 4.39 Å². The number of benzene rings is 1. The molecule has 0 heterocycles. The zero-order chi connectivity index (χ0) is 15.0. The van der Waals surface area contributed by atoms with E-state index in [0.717, 1.165) is 0 Å². The normalized spacial score (nSPS) is 10.5. The highest BCUT2D eigenvalue weighted by Gasteiger charge is 2.12. The van der Waals surface area contributed by atoms with E-state index in [0.29, 0.717) is 25.3 Å². The van der Waals surface area contributed by atoms with Crippen LogP contribution in [0.3, 0.4) is 0 Å². The first-order valence-corrected chi connectivity index (χ1v) is 6.01. The minimum absolute atomic E-state index is 0.291. The number of aliphatic carboxylic acids is 2. The Bertz CT molecular complexity index is 433. The van der Waals surface area contributed by atoms with Crippen molar-refractivity contribution in [2.24, 2.45) is 0 Å². The minimum Gasteiger partial charge on any atom is -0.494 e. The van der Waals surface area contributed by atoms with Gasteiger partial charge in [-0.05, 0) is 30.7 Å². The average molecular weight is 285 g/mol. The van der Waals surface area contributed by atoms with Gasteiger partial charge in [0, 0.05) is 6.54 Å². The fourth-order valence-corrected chi connectivity index (χ4v) is 1.61. The van der Waals surface area contributed by atoms with Crippen LogP contribution in [0.15, 0.2) is 24.3 Å². The summed E-state index contributed by atoms with van der Waals surface area (Å²) in [6, 6.07) is 5.52. The van der Waals surface area contributed by atoms with Crippen LogP contribution in [0.2, 0.25) is 0 Å². The number of halogens is 1. The molecule has 0 radical (unpaired) electrons. The van der Waals surface area contributed by atoms with Crippen LogP contribution >= 0.6 is 0 Å². The molecule has 0 atom stereocenters. The summed E-state index contributed by atoms with van der Waals surface area (Å²) in [5.41, 5.74) is 0. The summed E-state index contributed by atoms with van der Waals surface area (Å²) in [6.07, 6.45) is 0.470. The zero-order valence-corrected chi connectivity index (χ0v) is 10.8. The second-order valence-electron chi connectivity index (χ2n) is 4.15. The van der Waals surface area contributed by atoms with Crippen LogP contribution in [0.5, 0.6) is 5.75 Å². The number of carbonyl (C=O) groups is 2. The monoisotopic (exact) mass is 285 g/mol. The molecule has 0 bridgehead atoms. The van der Waals surface area contributed by atoms with Crippen LogP contribution in [0.25, 0.3) is 0 Å². The molecule has 1 aromatic rings. The molecule has 0 fully saturated rings. The molecule has 20 heavy (non-hydrogen) atoms.